The van der Waals surface area contributed by atoms with Gasteiger partial charge in [0.1, 0.15) is 12.4 Å². The molecule has 1 N–H and O–H groups in total. The van der Waals surface area contributed by atoms with Gasteiger partial charge in [-0.05, 0) is 40.7 Å². The van der Waals surface area contributed by atoms with Crippen LogP contribution in [0.5, 0.6) is 5.75 Å². The van der Waals surface area contributed by atoms with Crippen molar-refractivity contribution >= 4 is 38.9 Å². The molecule has 2 aromatic rings. The van der Waals surface area contributed by atoms with E-state index in [2.05, 4.69) is 34.2 Å². The van der Waals surface area contributed by atoms with Crippen LogP contribution in [0.25, 0.3) is 0 Å². The first-order valence-electron chi connectivity index (χ1n) is 6.06. The molecule has 0 atom stereocenters. The van der Waals surface area contributed by atoms with Crippen LogP contribution in [0.2, 0.25) is 5.02 Å². The second kappa shape index (κ2) is 7.29. The van der Waals surface area contributed by atoms with Crippen molar-refractivity contribution in [2.24, 2.45) is 0 Å². The number of para-hydroxylation sites is 1. The number of halogens is 2. The molecule has 0 aliphatic carbocycles. The van der Waals surface area contributed by atoms with Crippen molar-refractivity contribution in [3.8, 4) is 5.75 Å². The van der Waals surface area contributed by atoms with Crippen LogP contribution in [0.4, 0.5) is 0 Å². The minimum absolute atomic E-state index is 0.541. The smallest absolute Gasteiger partial charge is 0.142 e. The Kier molecular flexibility index (Phi) is 5.70. The van der Waals surface area contributed by atoms with Crippen molar-refractivity contribution in [3.05, 3.63) is 49.6 Å². The van der Waals surface area contributed by atoms with Gasteiger partial charge < -0.3 is 10.1 Å². The average Bonchev–Trinajstić information content (AvgIpc) is 2.81. The van der Waals surface area contributed by atoms with Crippen molar-refractivity contribution in [3.63, 3.8) is 0 Å². The van der Waals surface area contributed by atoms with Gasteiger partial charge in [-0.3, -0.25) is 0 Å². The molecule has 0 unspecified atom stereocenters. The molecule has 1 heterocycles. The van der Waals surface area contributed by atoms with Gasteiger partial charge >= 0.3 is 0 Å². The molecule has 0 saturated heterocycles. The molecule has 0 fully saturated rings. The van der Waals surface area contributed by atoms with Gasteiger partial charge in [0.2, 0.25) is 0 Å². The fraction of sp³-hybridized carbons (Fsp3) is 0.286. The topological polar surface area (TPSA) is 21.3 Å². The normalized spacial score (nSPS) is 10.7. The monoisotopic (exact) mass is 359 g/mol. The van der Waals surface area contributed by atoms with Gasteiger partial charge in [0.25, 0.3) is 0 Å². The highest BCUT2D eigenvalue weighted by molar-refractivity contribution is 9.11. The second-order valence-corrected chi connectivity index (χ2v) is 6.96. The number of hydrogen-bond donors (Lipinski definition) is 1. The van der Waals surface area contributed by atoms with Crippen molar-refractivity contribution < 1.29 is 4.74 Å². The third kappa shape index (κ3) is 4.21. The van der Waals surface area contributed by atoms with E-state index in [-0.39, 0.29) is 0 Å². The molecule has 0 aliphatic heterocycles. The third-order valence-electron chi connectivity index (χ3n) is 2.60. The van der Waals surface area contributed by atoms with Crippen LogP contribution in [0.15, 0.2) is 34.1 Å². The van der Waals surface area contributed by atoms with E-state index in [1.165, 1.54) is 4.88 Å². The zero-order valence-electron chi connectivity index (χ0n) is 10.6. The lowest BCUT2D eigenvalue weighted by atomic mass is 10.2. The van der Waals surface area contributed by atoms with E-state index >= 15 is 0 Å². The highest BCUT2D eigenvalue weighted by Gasteiger charge is 2.09. The van der Waals surface area contributed by atoms with E-state index in [0.717, 1.165) is 28.2 Å². The van der Waals surface area contributed by atoms with E-state index in [4.69, 9.17) is 16.3 Å². The first-order valence-corrected chi connectivity index (χ1v) is 8.04. The number of benzene rings is 1. The van der Waals surface area contributed by atoms with Crippen LogP contribution in [0.3, 0.4) is 0 Å². The number of ether oxygens (including phenoxy) is 1. The van der Waals surface area contributed by atoms with Crippen molar-refractivity contribution in [1.82, 2.24) is 5.32 Å². The van der Waals surface area contributed by atoms with Crippen molar-refractivity contribution in [2.75, 3.05) is 6.54 Å². The molecule has 0 spiro atoms. The van der Waals surface area contributed by atoms with E-state index in [1.54, 1.807) is 11.3 Å². The maximum absolute atomic E-state index is 6.22. The third-order valence-corrected chi connectivity index (χ3v) is 4.50. The summed E-state index contributed by atoms with van der Waals surface area (Å²) in [6, 6.07) is 9.92. The van der Waals surface area contributed by atoms with Gasteiger partial charge in [0.05, 0.1) is 8.81 Å². The molecule has 0 saturated carbocycles. The summed E-state index contributed by atoms with van der Waals surface area (Å²) in [7, 11) is 0. The Labute approximate surface area is 130 Å². The highest BCUT2D eigenvalue weighted by Crippen LogP contribution is 2.30. The summed E-state index contributed by atoms with van der Waals surface area (Å²) in [5.41, 5.74) is 1.09. The minimum atomic E-state index is 0.541. The molecule has 2 rings (SSSR count). The van der Waals surface area contributed by atoms with Gasteiger partial charge in [0.15, 0.2) is 0 Å². The zero-order chi connectivity index (χ0) is 13.7. The largest absolute Gasteiger partial charge is 0.486 e. The Bertz CT molecular complexity index is 544. The minimum Gasteiger partial charge on any atom is -0.486 e. The lowest BCUT2D eigenvalue weighted by molar-refractivity contribution is 0.306. The molecular weight excluding hydrogens is 346 g/mol. The van der Waals surface area contributed by atoms with Crippen molar-refractivity contribution in [1.29, 1.82) is 0 Å². The average molecular weight is 361 g/mol. The predicted molar refractivity (Wildman–Crippen MR) is 85.2 cm³/mol. The van der Waals surface area contributed by atoms with Crippen LogP contribution in [-0.2, 0) is 13.2 Å². The van der Waals surface area contributed by atoms with Gasteiger partial charge in [-0.2, -0.15) is 0 Å². The Balaban J connectivity index is 2.09. The van der Waals surface area contributed by atoms with Crippen LogP contribution >= 0.6 is 38.9 Å². The molecule has 5 heteroatoms. The zero-order valence-corrected chi connectivity index (χ0v) is 13.7. The molecule has 0 amide bonds. The summed E-state index contributed by atoms with van der Waals surface area (Å²) in [4.78, 5) is 1.17. The first-order chi connectivity index (χ1) is 9.20. The summed E-state index contributed by atoms with van der Waals surface area (Å²) in [6.45, 7) is 4.30. The standard InChI is InChI=1S/C14H15BrClNOS/c1-2-17-8-10-4-3-5-12(16)14(10)18-9-11-6-7-13(15)19-11/h3-7,17H,2,8-9H2,1H3. The number of hydrogen-bond acceptors (Lipinski definition) is 3. The number of nitrogens with one attached hydrogen (secondary N) is 1. The molecule has 1 aromatic heterocycles. The Morgan fingerprint density at radius 1 is 1.32 bits per heavy atom. The Morgan fingerprint density at radius 2 is 2.16 bits per heavy atom. The fourth-order valence-corrected chi connectivity index (χ4v) is 3.33. The van der Waals surface area contributed by atoms with Crippen LogP contribution in [0.1, 0.15) is 17.4 Å². The molecule has 0 radical (unpaired) electrons. The van der Waals surface area contributed by atoms with Crippen LogP contribution in [0, 0.1) is 0 Å². The lowest BCUT2D eigenvalue weighted by Gasteiger charge is -2.12. The first kappa shape index (κ1) is 14.9. The molecule has 1 aromatic carbocycles. The van der Waals surface area contributed by atoms with Gasteiger partial charge in [0, 0.05) is 17.0 Å². The van der Waals surface area contributed by atoms with Gasteiger partial charge in [-0.15, -0.1) is 11.3 Å². The Morgan fingerprint density at radius 3 is 2.84 bits per heavy atom. The highest BCUT2D eigenvalue weighted by atomic mass is 79.9. The van der Waals surface area contributed by atoms with E-state index in [1.807, 2.05) is 24.3 Å². The number of thiophene rings is 1. The molecular formula is C14H15BrClNOS. The molecule has 2 nitrogen and oxygen atoms in total. The quantitative estimate of drug-likeness (QED) is 0.795. The Hall–Kier alpha value is -0.550. The second-order valence-electron chi connectivity index (χ2n) is 4.00. The molecule has 0 aliphatic rings. The summed E-state index contributed by atoms with van der Waals surface area (Å²) >= 11 is 11.3. The maximum Gasteiger partial charge on any atom is 0.142 e. The van der Waals surface area contributed by atoms with Gasteiger partial charge in [-0.25, -0.2) is 0 Å². The summed E-state index contributed by atoms with van der Waals surface area (Å²) in [6.07, 6.45) is 0. The summed E-state index contributed by atoms with van der Waals surface area (Å²) < 4.78 is 6.99. The van der Waals surface area contributed by atoms with E-state index < -0.39 is 0 Å². The molecule has 102 valence electrons. The summed E-state index contributed by atoms with van der Waals surface area (Å²) in [5.74, 6) is 0.773. The van der Waals surface area contributed by atoms with E-state index in [9.17, 15) is 0 Å². The summed E-state index contributed by atoms with van der Waals surface area (Å²) in [5, 5.41) is 3.95. The number of rotatable bonds is 6. The maximum atomic E-state index is 6.22. The van der Waals surface area contributed by atoms with Crippen molar-refractivity contribution in [2.45, 2.75) is 20.1 Å². The van der Waals surface area contributed by atoms with E-state index in [0.29, 0.717) is 11.6 Å². The molecule has 0 bridgehead atoms. The van der Waals surface area contributed by atoms with Crippen LogP contribution < -0.4 is 10.1 Å². The fourth-order valence-electron chi connectivity index (χ4n) is 1.69. The molecule has 19 heavy (non-hydrogen) atoms. The van der Waals surface area contributed by atoms with Crippen LogP contribution in [-0.4, -0.2) is 6.54 Å². The predicted octanol–water partition coefficient (Wildman–Crippen LogP) is 4.85. The van der Waals surface area contributed by atoms with Gasteiger partial charge in [-0.1, -0.05) is 30.7 Å². The SMILES string of the molecule is CCNCc1cccc(Cl)c1OCc1ccc(Br)s1. The lowest BCUT2D eigenvalue weighted by Crippen LogP contribution is -2.13.